The molecule has 0 aliphatic carbocycles. The van der Waals surface area contributed by atoms with E-state index in [2.05, 4.69) is 4.98 Å². The maximum atomic E-state index is 11.7. The Bertz CT molecular complexity index is 242. The Hall–Kier alpha value is -0.780. The summed E-state index contributed by atoms with van der Waals surface area (Å²) in [7, 11) is 0. The first-order valence-electron chi connectivity index (χ1n) is 2.73. The Balaban J connectivity index is 2.72. The second kappa shape index (κ2) is 2.69. The fourth-order valence-corrected chi connectivity index (χ4v) is 1.16. The van der Waals surface area contributed by atoms with Gasteiger partial charge in [-0.2, -0.15) is 13.2 Å². The first-order chi connectivity index (χ1) is 4.99. The molecule has 0 saturated heterocycles. The minimum absolute atomic E-state index is 0.0810. The number of halogens is 3. The lowest BCUT2D eigenvalue weighted by atomic mass is 10.3. The van der Waals surface area contributed by atoms with E-state index in [-0.39, 0.29) is 10.7 Å². The van der Waals surface area contributed by atoms with Gasteiger partial charge >= 0.3 is 6.18 Å². The number of rotatable bonds is 1. The summed E-state index contributed by atoms with van der Waals surface area (Å²) in [6.45, 7) is 0. The molecule has 1 rings (SSSR count). The van der Waals surface area contributed by atoms with Crippen LogP contribution in [-0.2, 0) is 6.42 Å². The summed E-state index contributed by atoms with van der Waals surface area (Å²) >= 11 is 1.01. The Morgan fingerprint density at radius 2 is 2.18 bits per heavy atom. The quantitative estimate of drug-likeness (QED) is 0.719. The summed E-state index contributed by atoms with van der Waals surface area (Å²) < 4.78 is 35.1. The van der Waals surface area contributed by atoms with Gasteiger partial charge in [0, 0.05) is 0 Å². The number of aromatic nitrogens is 1. The number of anilines is 1. The van der Waals surface area contributed by atoms with Crippen LogP contribution >= 0.6 is 11.3 Å². The molecule has 2 nitrogen and oxygen atoms in total. The molecule has 2 N–H and O–H groups in total. The van der Waals surface area contributed by atoms with Crippen LogP contribution in [0.2, 0.25) is 0 Å². The van der Waals surface area contributed by atoms with Crippen molar-refractivity contribution < 1.29 is 13.2 Å². The Kier molecular flexibility index (Phi) is 2.03. The van der Waals surface area contributed by atoms with Crippen molar-refractivity contribution in [3.8, 4) is 0 Å². The highest BCUT2D eigenvalue weighted by Crippen LogP contribution is 2.25. The van der Waals surface area contributed by atoms with Crippen LogP contribution in [0.25, 0.3) is 0 Å². The lowest BCUT2D eigenvalue weighted by molar-refractivity contribution is -0.127. The first kappa shape index (κ1) is 8.32. The molecule has 1 heterocycles. The molecule has 0 amide bonds. The van der Waals surface area contributed by atoms with E-state index in [1.165, 1.54) is 5.51 Å². The molecule has 0 bridgehead atoms. The third-order valence-electron chi connectivity index (χ3n) is 1.04. The van der Waals surface area contributed by atoms with E-state index in [0.29, 0.717) is 0 Å². The number of hydrogen-bond acceptors (Lipinski definition) is 3. The Labute approximate surface area is 64.9 Å². The summed E-state index contributed by atoms with van der Waals surface area (Å²) in [6.07, 6.45) is -5.26. The zero-order chi connectivity index (χ0) is 8.48. The molecule has 11 heavy (non-hydrogen) atoms. The van der Waals surface area contributed by atoms with Crippen LogP contribution in [0.1, 0.15) is 5.69 Å². The highest BCUT2D eigenvalue weighted by atomic mass is 32.1. The molecule has 0 unspecified atom stereocenters. The fourth-order valence-electron chi connectivity index (χ4n) is 0.601. The number of hydrogen-bond donors (Lipinski definition) is 1. The first-order valence-corrected chi connectivity index (χ1v) is 3.61. The van der Waals surface area contributed by atoms with Crippen LogP contribution in [0.4, 0.5) is 18.2 Å². The maximum absolute atomic E-state index is 11.7. The predicted octanol–water partition coefficient (Wildman–Crippen LogP) is 1.83. The van der Waals surface area contributed by atoms with Crippen molar-refractivity contribution in [2.45, 2.75) is 12.6 Å². The highest BCUT2D eigenvalue weighted by Gasteiger charge is 2.29. The lowest BCUT2D eigenvalue weighted by Crippen LogP contribution is -2.12. The molecule has 0 aliphatic heterocycles. The molecule has 1 aromatic heterocycles. The normalized spacial score (nSPS) is 11.9. The minimum Gasteiger partial charge on any atom is -0.389 e. The van der Waals surface area contributed by atoms with Gasteiger partial charge in [0.2, 0.25) is 0 Å². The van der Waals surface area contributed by atoms with Crippen molar-refractivity contribution >= 4 is 16.3 Å². The number of nitrogens with zero attached hydrogens (tertiary/aromatic N) is 1. The minimum atomic E-state index is -4.22. The van der Waals surface area contributed by atoms with Crippen molar-refractivity contribution in [3.05, 3.63) is 11.2 Å². The van der Waals surface area contributed by atoms with Crippen LogP contribution in [0.3, 0.4) is 0 Å². The van der Waals surface area contributed by atoms with E-state index in [0.717, 1.165) is 11.3 Å². The molecule has 0 fully saturated rings. The maximum Gasteiger partial charge on any atom is 0.394 e. The van der Waals surface area contributed by atoms with E-state index >= 15 is 0 Å². The van der Waals surface area contributed by atoms with Crippen LogP contribution in [0, 0.1) is 0 Å². The van der Waals surface area contributed by atoms with Crippen molar-refractivity contribution in [1.82, 2.24) is 4.98 Å². The molecular weight excluding hydrogens is 177 g/mol. The largest absolute Gasteiger partial charge is 0.394 e. The summed E-state index contributed by atoms with van der Waals surface area (Å²) in [6, 6.07) is 0. The van der Waals surface area contributed by atoms with E-state index < -0.39 is 12.6 Å². The van der Waals surface area contributed by atoms with Crippen molar-refractivity contribution in [2.75, 3.05) is 5.73 Å². The smallest absolute Gasteiger partial charge is 0.389 e. The van der Waals surface area contributed by atoms with E-state index in [1.807, 2.05) is 0 Å². The zero-order valence-corrected chi connectivity index (χ0v) is 6.17. The average molecular weight is 182 g/mol. The van der Waals surface area contributed by atoms with Gasteiger partial charge in [0.05, 0.1) is 17.6 Å². The van der Waals surface area contributed by atoms with Gasteiger partial charge in [-0.05, 0) is 0 Å². The molecule has 0 saturated carbocycles. The molecule has 0 atom stereocenters. The predicted molar refractivity (Wildman–Crippen MR) is 36.3 cm³/mol. The van der Waals surface area contributed by atoms with Gasteiger partial charge in [-0.15, -0.1) is 11.3 Å². The number of nitrogens with two attached hydrogens (primary N) is 1. The topological polar surface area (TPSA) is 38.9 Å². The van der Waals surface area contributed by atoms with Crippen molar-refractivity contribution in [3.63, 3.8) is 0 Å². The standard InChI is InChI=1S/C5H5F3N2S/c6-5(7,8)1-3-4(9)11-2-10-3/h2H,1,9H2. The number of nitrogen functional groups attached to an aromatic ring is 1. The molecule has 1 aromatic rings. The summed E-state index contributed by atoms with van der Waals surface area (Å²) in [5.74, 6) is 0. The molecule has 0 aromatic carbocycles. The van der Waals surface area contributed by atoms with E-state index in [1.54, 1.807) is 0 Å². The van der Waals surface area contributed by atoms with Gasteiger partial charge in [0.15, 0.2) is 0 Å². The average Bonchev–Trinajstić information content (AvgIpc) is 2.12. The molecule has 62 valence electrons. The fraction of sp³-hybridized carbons (Fsp3) is 0.400. The molecular formula is C5H5F3N2S. The van der Waals surface area contributed by atoms with Gasteiger partial charge in [-0.3, -0.25) is 0 Å². The summed E-state index contributed by atoms with van der Waals surface area (Å²) in [4.78, 5) is 3.47. The number of thiazole rings is 1. The molecule has 0 spiro atoms. The second-order valence-corrected chi connectivity index (χ2v) is 2.84. The van der Waals surface area contributed by atoms with Crippen LogP contribution < -0.4 is 5.73 Å². The Morgan fingerprint density at radius 3 is 2.55 bits per heavy atom. The third kappa shape index (κ3) is 2.38. The lowest BCUT2D eigenvalue weighted by Gasteiger charge is -2.02. The van der Waals surface area contributed by atoms with Crippen LogP contribution in [0.15, 0.2) is 5.51 Å². The SMILES string of the molecule is Nc1scnc1CC(F)(F)F. The second-order valence-electron chi connectivity index (χ2n) is 1.96. The molecule has 0 radical (unpaired) electrons. The number of alkyl halides is 3. The van der Waals surface area contributed by atoms with E-state index in [9.17, 15) is 13.2 Å². The molecule has 0 aliphatic rings. The van der Waals surface area contributed by atoms with Gasteiger partial charge in [-0.25, -0.2) is 4.98 Å². The van der Waals surface area contributed by atoms with E-state index in [4.69, 9.17) is 5.73 Å². The monoisotopic (exact) mass is 182 g/mol. The van der Waals surface area contributed by atoms with Crippen molar-refractivity contribution in [1.29, 1.82) is 0 Å². The van der Waals surface area contributed by atoms with Crippen molar-refractivity contribution in [2.24, 2.45) is 0 Å². The highest BCUT2D eigenvalue weighted by molar-refractivity contribution is 7.13. The zero-order valence-electron chi connectivity index (χ0n) is 5.35. The third-order valence-corrected chi connectivity index (χ3v) is 1.74. The molecule has 6 heteroatoms. The van der Waals surface area contributed by atoms with Gasteiger partial charge in [-0.1, -0.05) is 0 Å². The van der Waals surface area contributed by atoms with Crippen LogP contribution in [0.5, 0.6) is 0 Å². The van der Waals surface area contributed by atoms with Gasteiger partial charge < -0.3 is 5.73 Å². The van der Waals surface area contributed by atoms with Gasteiger partial charge in [0.1, 0.15) is 5.00 Å². The summed E-state index contributed by atoms with van der Waals surface area (Å²) in [5.41, 5.74) is 6.42. The van der Waals surface area contributed by atoms with Crippen LogP contribution in [-0.4, -0.2) is 11.2 Å². The van der Waals surface area contributed by atoms with Gasteiger partial charge in [0.25, 0.3) is 0 Å². The summed E-state index contributed by atoms with van der Waals surface area (Å²) in [5, 5.41) is 0.141. The Morgan fingerprint density at radius 1 is 1.55 bits per heavy atom.